The molecular weight excluding hydrogens is 290 g/mol. The van der Waals surface area contributed by atoms with Crippen LogP contribution >= 0.6 is 15.9 Å². The van der Waals surface area contributed by atoms with Crippen molar-refractivity contribution in [2.24, 2.45) is 0 Å². The second kappa shape index (κ2) is 5.14. The molecule has 0 radical (unpaired) electrons. The number of nitrogens with two attached hydrogens (primary N) is 1. The van der Waals surface area contributed by atoms with Crippen LogP contribution in [0.2, 0.25) is 0 Å². The molecule has 0 aliphatic carbocycles. The zero-order valence-corrected chi connectivity index (χ0v) is 12.5. The van der Waals surface area contributed by atoms with Gasteiger partial charge in [-0.25, -0.2) is 4.98 Å². The molecule has 2 N–H and O–H groups in total. The summed E-state index contributed by atoms with van der Waals surface area (Å²) in [6.45, 7) is 7.22. The Hall–Kier alpha value is -1.29. The minimum Gasteiger partial charge on any atom is -0.383 e. The Bertz CT molecular complexity index is 541. The summed E-state index contributed by atoms with van der Waals surface area (Å²) in [7, 11) is 0. The fourth-order valence-corrected chi connectivity index (χ4v) is 2.34. The van der Waals surface area contributed by atoms with E-state index in [0.29, 0.717) is 5.92 Å². The van der Waals surface area contributed by atoms with Crippen LogP contribution in [0.5, 0.6) is 0 Å². The number of nitrogens with zero attached hydrogens (tertiary/aromatic N) is 2. The largest absolute Gasteiger partial charge is 0.383 e. The number of nitrogen functional groups attached to an aromatic ring is 1. The number of hydrogen-bond acceptors (Lipinski definition) is 2. The number of benzene rings is 1. The van der Waals surface area contributed by atoms with E-state index >= 15 is 0 Å². The molecule has 2 aromatic rings. The van der Waals surface area contributed by atoms with Crippen LogP contribution in [0, 0.1) is 0 Å². The Morgan fingerprint density at radius 3 is 2.33 bits per heavy atom. The van der Waals surface area contributed by atoms with Crippen LogP contribution in [0.3, 0.4) is 0 Å². The van der Waals surface area contributed by atoms with Gasteiger partial charge in [0.1, 0.15) is 17.3 Å². The zero-order chi connectivity index (χ0) is 13.3. The lowest BCUT2D eigenvalue weighted by atomic mass is 10.1. The summed E-state index contributed by atoms with van der Waals surface area (Å²) in [6, 6.07) is 8.09. The molecule has 0 unspecified atom stereocenters. The first-order chi connectivity index (χ1) is 8.54. The molecule has 1 aromatic heterocycles. The van der Waals surface area contributed by atoms with Gasteiger partial charge in [0, 0.05) is 22.5 Å². The van der Waals surface area contributed by atoms with Gasteiger partial charge in [-0.05, 0) is 19.1 Å². The van der Waals surface area contributed by atoms with Gasteiger partial charge in [0.25, 0.3) is 0 Å². The summed E-state index contributed by atoms with van der Waals surface area (Å²) in [5, 5.41) is 0. The first-order valence-electron chi connectivity index (χ1n) is 6.16. The predicted molar refractivity (Wildman–Crippen MR) is 79.5 cm³/mol. The Kier molecular flexibility index (Phi) is 3.76. The van der Waals surface area contributed by atoms with Crippen LogP contribution in [-0.2, 0) is 6.54 Å². The zero-order valence-electron chi connectivity index (χ0n) is 10.9. The van der Waals surface area contributed by atoms with Crippen LogP contribution < -0.4 is 5.73 Å². The molecule has 3 nitrogen and oxygen atoms in total. The number of anilines is 1. The van der Waals surface area contributed by atoms with Crippen molar-refractivity contribution in [2.75, 3.05) is 5.73 Å². The third kappa shape index (κ3) is 2.29. The molecule has 0 saturated heterocycles. The van der Waals surface area contributed by atoms with E-state index in [1.165, 1.54) is 0 Å². The molecule has 96 valence electrons. The van der Waals surface area contributed by atoms with E-state index in [-0.39, 0.29) is 0 Å². The Labute approximate surface area is 116 Å². The van der Waals surface area contributed by atoms with Gasteiger partial charge >= 0.3 is 0 Å². The van der Waals surface area contributed by atoms with Crippen LogP contribution in [0.1, 0.15) is 32.5 Å². The molecule has 0 spiro atoms. The first-order valence-corrected chi connectivity index (χ1v) is 6.95. The Morgan fingerprint density at radius 2 is 1.89 bits per heavy atom. The van der Waals surface area contributed by atoms with E-state index in [2.05, 4.69) is 41.3 Å². The summed E-state index contributed by atoms with van der Waals surface area (Å²) in [5.41, 5.74) is 8.15. The molecule has 0 saturated carbocycles. The number of halogens is 1. The van der Waals surface area contributed by atoms with Crippen molar-refractivity contribution in [3.8, 4) is 11.3 Å². The van der Waals surface area contributed by atoms with Gasteiger partial charge in [0.2, 0.25) is 0 Å². The summed E-state index contributed by atoms with van der Waals surface area (Å²) in [5.74, 6) is 2.17. The molecule has 2 rings (SSSR count). The highest BCUT2D eigenvalue weighted by Crippen LogP contribution is 2.30. The molecule has 0 aliphatic heterocycles. The van der Waals surface area contributed by atoms with E-state index in [9.17, 15) is 0 Å². The van der Waals surface area contributed by atoms with Crippen LogP contribution in [-0.4, -0.2) is 9.55 Å². The van der Waals surface area contributed by atoms with Crippen LogP contribution in [0.4, 0.5) is 5.82 Å². The van der Waals surface area contributed by atoms with E-state index < -0.39 is 0 Å². The normalized spacial score (nSPS) is 11.2. The maximum atomic E-state index is 6.21. The monoisotopic (exact) mass is 307 g/mol. The summed E-state index contributed by atoms with van der Waals surface area (Å²) in [4.78, 5) is 4.70. The van der Waals surface area contributed by atoms with Crippen molar-refractivity contribution in [2.45, 2.75) is 33.2 Å². The predicted octanol–water partition coefficient (Wildman–Crippen LogP) is 4.04. The van der Waals surface area contributed by atoms with E-state index in [1.807, 2.05) is 24.3 Å². The van der Waals surface area contributed by atoms with Gasteiger partial charge in [0.15, 0.2) is 0 Å². The molecule has 0 fully saturated rings. The molecular formula is C14H18BrN3. The maximum Gasteiger partial charge on any atom is 0.131 e. The van der Waals surface area contributed by atoms with Crippen molar-refractivity contribution in [3.63, 3.8) is 0 Å². The highest BCUT2D eigenvalue weighted by Gasteiger charge is 2.16. The van der Waals surface area contributed by atoms with Crippen molar-refractivity contribution in [1.82, 2.24) is 9.55 Å². The van der Waals surface area contributed by atoms with E-state index in [4.69, 9.17) is 10.7 Å². The minimum atomic E-state index is 0.372. The molecule has 18 heavy (non-hydrogen) atoms. The second-order valence-corrected chi connectivity index (χ2v) is 5.53. The summed E-state index contributed by atoms with van der Waals surface area (Å²) >= 11 is 3.44. The van der Waals surface area contributed by atoms with Gasteiger partial charge in [-0.15, -0.1) is 0 Å². The highest BCUT2D eigenvalue weighted by molar-refractivity contribution is 9.10. The fourth-order valence-electron chi connectivity index (χ4n) is 2.08. The quantitative estimate of drug-likeness (QED) is 0.930. The average molecular weight is 308 g/mol. The first kappa shape index (κ1) is 13.1. The van der Waals surface area contributed by atoms with Crippen molar-refractivity contribution >= 4 is 21.7 Å². The molecule has 4 heteroatoms. The third-order valence-electron chi connectivity index (χ3n) is 2.99. The standard InChI is InChI=1S/C14H18BrN3/c1-4-18-13(16)12(17-14(18)9(2)3)10-5-7-11(15)8-6-10/h5-9H,4,16H2,1-3H3. The van der Waals surface area contributed by atoms with Crippen molar-refractivity contribution in [3.05, 3.63) is 34.6 Å². The van der Waals surface area contributed by atoms with Crippen molar-refractivity contribution in [1.29, 1.82) is 0 Å². The van der Waals surface area contributed by atoms with Crippen LogP contribution in [0.25, 0.3) is 11.3 Å². The smallest absolute Gasteiger partial charge is 0.131 e. The second-order valence-electron chi connectivity index (χ2n) is 4.61. The van der Waals surface area contributed by atoms with Gasteiger partial charge in [-0.2, -0.15) is 0 Å². The van der Waals surface area contributed by atoms with E-state index in [0.717, 1.165) is 33.9 Å². The molecule has 0 atom stereocenters. The third-order valence-corrected chi connectivity index (χ3v) is 3.52. The lowest BCUT2D eigenvalue weighted by molar-refractivity contribution is 0.658. The van der Waals surface area contributed by atoms with Gasteiger partial charge in [-0.3, -0.25) is 0 Å². The number of hydrogen-bond donors (Lipinski definition) is 1. The average Bonchev–Trinajstić information content (AvgIpc) is 2.67. The van der Waals surface area contributed by atoms with Gasteiger partial charge in [0.05, 0.1) is 0 Å². The fraction of sp³-hybridized carbons (Fsp3) is 0.357. The Morgan fingerprint density at radius 1 is 1.28 bits per heavy atom. The summed E-state index contributed by atoms with van der Waals surface area (Å²) < 4.78 is 3.14. The van der Waals surface area contributed by atoms with E-state index in [1.54, 1.807) is 0 Å². The molecule has 0 aliphatic rings. The van der Waals surface area contributed by atoms with Crippen molar-refractivity contribution < 1.29 is 0 Å². The number of imidazole rings is 1. The molecule has 1 aromatic carbocycles. The molecule has 0 bridgehead atoms. The topological polar surface area (TPSA) is 43.8 Å². The molecule has 0 amide bonds. The van der Waals surface area contributed by atoms with Gasteiger partial charge < -0.3 is 10.3 Å². The number of aromatic nitrogens is 2. The number of rotatable bonds is 3. The summed E-state index contributed by atoms with van der Waals surface area (Å²) in [6.07, 6.45) is 0. The lowest BCUT2D eigenvalue weighted by Crippen LogP contribution is -2.06. The lowest BCUT2D eigenvalue weighted by Gasteiger charge is -2.08. The SMILES string of the molecule is CCn1c(C(C)C)nc(-c2ccc(Br)cc2)c1N. The van der Waals surface area contributed by atoms with Gasteiger partial charge in [-0.1, -0.05) is 41.9 Å². The minimum absolute atomic E-state index is 0.372. The maximum absolute atomic E-state index is 6.21. The highest BCUT2D eigenvalue weighted by atomic mass is 79.9. The Balaban J connectivity index is 2.55. The van der Waals surface area contributed by atoms with Crippen LogP contribution in [0.15, 0.2) is 28.7 Å². The molecule has 1 heterocycles.